The number of imidazole rings is 1. The van der Waals surface area contributed by atoms with Gasteiger partial charge in [0.25, 0.3) is 0 Å². The molecule has 4 unspecified atom stereocenters. The zero-order chi connectivity index (χ0) is 27.4. The summed E-state index contributed by atoms with van der Waals surface area (Å²) in [6.07, 6.45) is 3.64. The van der Waals surface area contributed by atoms with Crippen molar-refractivity contribution in [1.29, 1.82) is 0 Å². The normalized spacial score (nSPS) is 14.4. The van der Waals surface area contributed by atoms with Crippen molar-refractivity contribution in [3.05, 3.63) is 18.2 Å². The first-order valence-electron chi connectivity index (χ1n) is 11.8. The van der Waals surface area contributed by atoms with Gasteiger partial charge in [0.05, 0.1) is 12.4 Å². The van der Waals surface area contributed by atoms with Gasteiger partial charge in [-0.2, -0.15) is 0 Å². The van der Waals surface area contributed by atoms with Crippen LogP contribution in [0, 0.1) is 11.8 Å². The average molecular weight is 510 g/mol. The largest absolute Gasteiger partial charge is 0.480 e. The van der Waals surface area contributed by atoms with Crippen molar-refractivity contribution in [1.82, 2.24) is 25.9 Å². The molecule has 0 aliphatic rings. The molecule has 1 rings (SSSR count). The van der Waals surface area contributed by atoms with E-state index in [9.17, 15) is 24.3 Å². The molecule has 14 nitrogen and oxygen atoms in total. The first-order chi connectivity index (χ1) is 16.8. The SMILES string of the molecule is CC(C)C(NC(=O)C(N)CCCN=C(N)N)C(=O)NC(C(=O)NC(Cc1cnc[nH]1)C(=O)O)C(C)C. The maximum absolute atomic E-state index is 13.1. The predicted molar refractivity (Wildman–Crippen MR) is 133 cm³/mol. The smallest absolute Gasteiger partial charge is 0.326 e. The van der Waals surface area contributed by atoms with Crippen molar-refractivity contribution in [3.63, 3.8) is 0 Å². The third-order valence-electron chi connectivity index (χ3n) is 5.39. The summed E-state index contributed by atoms with van der Waals surface area (Å²) in [4.78, 5) is 60.7. The lowest BCUT2D eigenvalue weighted by Crippen LogP contribution is -2.59. The van der Waals surface area contributed by atoms with Gasteiger partial charge in [-0.05, 0) is 24.7 Å². The Hall–Kier alpha value is -3.68. The van der Waals surface area contributed by atoms with Crippen LogP contribution in [0.4, 0.5) is 0 Å². The van der Waals surface area contributed by atoms with Crippen LogP contribution in [0.5, 0.6) is 0 Å². The summed E-state index contributed by atoms with van der Waals surface area (Å²) in [5, 5.41) is 17.3. The van der Waals surface area contributed by atoms with E-state index in [0.29, 0.717) is 25.1 Å². The second kappa shape index (κ2) is 14.7. The highest BCUT2D eigenvalue weighted by molar-refractivity contribution is 5.94. The fraction of sp³-hybridized carbons (Fsp3) is 0.636. The highest BCUT2D eigenvalue weighted by Crippen LogP contribution is 2.09. The van der Waals surface area contributed by atoms with E-state index in [1.165, 1.54) is 12.5 Å². The third kappa shape index (κ3) is 10.3. The van der Waals surface area contributed by atoms with Gasteiger partial charge >= 0.3 is 5.97 Å². The molecule has 4 atom stereocenters. The minimum Gasteiger partial charge on any atom is -0.480 e. The van der Waals surface area contributed by atoms with Gasteiger partial charge in [-0.1, -0.05) is 27.7 Å². The second-order valence-electron chi connectivity index (χ2n) is 9.20. The van der Waals surface area contributed by atoms with Gasteiger partial charge in [0, 0.05) is 24.9 Å². The highest BCUT2D eigenvalue weighted by atomic mass is 16.4. The number of carboxylic acid groups (broad SMARTS) is 1. The summed E-state index contributed by atoms with van der Waals surface area (Å²) < 4.78 is 0. The Morgan fingerprint density at radius 3 is 2.03 bits per heavy atom. The minimum absolute atomic E-state index is 0.00835. The lowest BCUT2D eigenvalue weighted by molar-refractivity contribution is -0.142. The van der Waals surface area contributed by atoms with E-state index < -0.39 is 47.9 Å². The Labute approximate surface area is 210 Å². The molecule has 0 aliphatic heterocycles. The van der Waals surface area contributed by atoms with Crippen LogP contribution in [0.25, 0.3) is 0 Å². The summed E-state index contributed by atoms with van der Waals surface area (Å²) in [5.74, 6) is -3.72. The minimum atomic E-state index is -1.23. The van der Waals surface area contributed by atoms with Gasteiger partial charge in [-0.15, -0.1) is 0 Å². The van der Waals surface area contributed by atoms with Crippen LogP contribution in [0.15, 0.2) is 17.5 Å². The molecule has 0 fully saturated rings. The Morgan fingerprint density at radius 2 is 1.56 bits per heavy atom. The number of hydrogen-bond donors (Lipinski definition) is 8. The van der Waals surface area contributed by atoms with E-state index in [1.54, 1.807) is 27.7 Å². The number of nitrogens with zero attached hydrogens (tertiary/aromatic N) is 2. The molecule has 0 saturated carbocycles. The van der Waals surface area contributed by atoms with E-state index in [1.807, 2.05) is 0 Å². The van der Waals surface area contributed by atoms with E-state index in [0.717, 1.165) is 0 Å². The van der Waals surface area contributed by atoms with Crippen LogP contribution in [-0.2, 0) is 25.6 Å². The summed E-state index contributed by atoms with van der Waals surface area (Å²) in [6, 6.07) is -4.10. The number of carbonyl (C=O) groups is 4. The maximum Gasteiger partial charge on any atom is 0.326 e. The number of aliphatic imine (C=N–C) groups is 1. The zero-order valence-electron chi connectivity index (χ0n) is 21.2. The zero-order valence-corrected chi connectivity index (χ0v) is 21.2. The number of rotatable bonds is 15. The molecule has 0 saturated heterocycles. The number of hydrogen-bond acceptors (Lipinski definition) is 7. The molecular formula is C22H39N9O5. The summed E-state index contributed by atoms with van der Waals surface area (Å²) >= 11 is 0. The molecule has 1 aromatic heterocycles. The molecule has 1 heterocycles. The van der Waals surface area contributed by atoms with Crippen molar-refractivity contribution in [2.24, 2.45) is 34.0 Å². The van der Waals surface area contributed by atoms with Gasteiger partial charge in [-0.3, -0.25) is 19.4 Å². The molecule has 0 aliphatic carbocycles. The van der Waals surface area contributed by atoms with Crippen LogP contribution >= 0.6 is 0 Å². The fourth-order valence-corrected chi connectivity index (χ4v) is 3.30. The molecule has 36 heavy (non-hydrogen) atoms. The van der Waals surface area contributed by atoms with Crippen LogP contribution < -0.4 is 33.2 Å². The molecule has 0 radical (unpaired) electrons. The number of carboxylic acids is 1. The number of aromatic nitrogens is 2. The number of carbonyl (C=O) groups excluding carboxylic acids is 3. The molecule has 1 aromatic rings. The number of nitrogens with two attached hydrogens (primary N) is 3. The molecule has 11 N–H and O–H groups in total. The Morgan fingerprint density at radius 1 is 1.00 bits per heavy atom. The van der Waals surface area contributed by atoms with E-state index in [4.69, 9.17) is 17.2 Å². The molecule has 3 amide bonds. The third-order valence-corrected chi connectivity index (χ3v) is 5.39. The van der Waals surface area contributed by atoms with Gasteiger partial charge in [0.1, 0.15) is 18.1 Å². The number of amides is 3. The van der Waals surface area contributed by atoms with Gasteiger partial charge in [-0.25, -0.2) is 9.78 Å². The monoisotopic (exact) mass is 509 g/mol. The summed E-state index contributed by atoms with van der Waals surface area (Å²) in [5.41, 5.74) is 17.0. The second-order valence-corrected chi connectivity index (χ2v) is 9.20. The number of aromatic amines is 1. The highest BCUT2D eigenvalue weighted by Gasteiger charge is 2.33. The van der Waals surface area contributed by atoms with E-state index in [-0.39, 0.29) is 24.2 Å². The average Bonchev–Trinajstić information content (AvgIpc) is 3.30. The Balaban J connectivity index is 2.82. The lowest BCUT2D eigenvalue weighted by atomic mass is 9.98. The molecular weight excluding hydrogens is 470 g/mol. The predicted octanol–water partition coefficient (Wildman–Crippen LogP) is -1.82. The Kier molecular flexibility index (Phi) is 12.4. The molecule has 0 aromatic carbocycles. The van der Waals surface area contributed by atoms with Crippen LogP contribution in [0.2, 0.25) is 0 Å². The van der Waals surface area contributed by atoms with Crippen molar-refractivity contribution in [2.75, 3.05) is 6.54 Å². The van der Waals surface area contributed by atoms with E-state index in [2.05, 4.69) is 30.9 Å². The van der Waals surface area contributed by atoms with Crippen molar-refractivity contribution in [3.8, 4) is 0 Å². The summed E-state index contributed by atoms with van der Waals surface area (Å²) in [6.45, 7) is 7.23. The van der Waals surface area contributed by atoms with Crippen molar-refractivity contribution < 1.29 is 24.3 Å². The molecule has 0 bridgehead atoms. The van der Waals surface area contributed by atoms with Gasteiger partial charge < -0.3 is 43.2 Å². The first-order valence-corrected chi connectivity index (χ1v) is 11.8. The first kappa shape index (κ1) is 30.4. The van der Waals surface area contributed by atoms with Crippen LogP contribution in [-0.4, -0.2) is 75.4 Å². The standard InChI is InChI=1S/C22H39N9O5/c1-11(2)16(19(33)29-15(21(35)36)8-13-9-26-10-28-13)31-20(34)17(12(3)4)30-18(32)14(23)6-5-7-27-22(24)25/h9-12,14-17H,5-8,23H2,1-4H3,(H,26,28)(H,29,33)(H,30,32)(H,31,34)(H,35,36)(H4,24,25,27). The molecule has 14 heteroatoms. The van der Waals surface area contributed by atoms with Gasteiger partial charge in [0.15, 0.2) is 5.96 Å². The van der Waals surface area contributed by atoms with E-state index >= 15 is 0 Å². The number of aliphatic carboxylic acids is 1. The van der Waals surface area contributed by atoms with Crippen LogP contribution in [0.3, 0.4) is 0 Å². The lowest BCUT2D eigenvalue weighted by Gasteiger charge is -2.28. The summed E-state index contributed by atoms with van der Waals surface area (Å²) in [7, 11) is 0. The fourth-order valence-electron chi connectivity index (χ4n) is 3.30. The topological polar surface area (TPSA) is 244 Å². The quantitative estimate of drug-likeness (QED) is 0.0752. The molecule has 202 valence electrons. The van der Waals surface area contributed by atoms with Crippen LogP contribution in [0.1, 0.15) is 46.2 Å². The van der Waals surface area contributed by atoms with Gasteiger partial charge in [0.2, 0.25) is 17.7 Å². The molecule has 0 spiro atoms. The number of H-pyrrole nitrogens is 1. The number of guanidine groups is 1. The number of nitrogens with one attached hydrogen (secondary N) is 4. The van der Waals surface area contributed by atoms with Crippen molar-refractivity contribution >= 4 is 29.7 Å². The maximum atomic E-state index is 13.1. The van der Waals surface area contributed by atoms with Crippen molar-refractivity contribution in [2.45, 2.75) is 71.1 Å². The Bertz CT molecular complexity index is 898.